The molecule has 1 heterocycles. The van der Waals surface area contributed by atoms with Crippen molar-refractivity contribution in [1.82, 2.24) is 0 Å². The molecule has 0 unspecified atom stereocenters. The molecular weight excluding hydrogens is 152 g/mol. The summed E-state index contributed by atoms with van der Waals surface area (Å²) in [7, 11) is 0. The van der Waals surface area contributed by atoms with Crippen LogP contribution in [-0.4, -0.2) is 13.1 Å². The summed E-state index contributed by atoms with van der Waals surface area (Å²) in [6, 6.07) is 3.89. The van der Waals surface area contributed by atoms with Crippen LogP contribution in [0.2, 0.25) is 0 Å². The van der Waals surface area contributed by atoms with Gasteiger partial charge < -0.3 is 15.5 Å². The summed E-state index contributed by atoms with van der Waals surface area (Å²) in [6.45, 7) is 3.63. The summed E-state index contributed by atoms with van der Waals surface area (Å²) >= 11 is 0. The average molecular weight is 168 g/mol. The number of hydrogen-bond acceptors (Lipinski definition) is 3. The third-order valence-electron chi connectivity index (χ3n) is 1.67. The van der Waals surface area contributed by atoms with Gasteiger partial charge in [-0.2, -0.15) is 0 Å². The van der Waals surface area contributed by atoms with Crippen molar-refractivity contribution in [1.29, 1.82) is 0 Å². The van der Waals surface area contributed by atoms with E-state index in [2.05, 4.69) is 5.32 Å². The second-order valence-electron chi connectivity index (χ2n) is 2.83. The Morgan fingerprint density at radius 1 is 1.42 bits per heavy atom. The highest BCUT2D eigenvalue weighted by Crippen LogP contribution is 2.11. The molecule has 0 bridgehead atoms. The lowest BCUT2D eigenvalue weighted by Gasteiger charge is -2.00. The fourth-order valence-corrected chi connectivity index (χ4v) is 1.01. The van der Waals surface area contributed by atoms with Crippen molar-refractivity contribution in [2.24, 2.45) is 5.73 Å². The van der Waals surface area contributed by atoms with Gasteiger partial charge in [0.25, 0.3) is 0 Å². The molecule has 0 fully saturated rings. The first kappa shape index (κ1) is 9.13. The Labute approximate surface area is 72.9 Å². The van der Waals surface area contributed by atoms with Crippen molar-refractivity contribution in [2.75, 3.05) is 18.4 Å². The minimum Gasteiger partial charge on any atom is -0.446 e. The Bertz CT molecular complexity index is 220. The zero-order valence-corrected chi connectivity index (χ0v) is 7.47. The number of unbranched alkanes of at least 4 members (excludes halogenated alkanes) is 1. The summed E-state index contributed by atoms with van der Waals surface area (Å²) < 4.78 is 5.32. The number of aryl methyl sites for hydroxylation is 1. The maximum Gasteiger partial charge on any atom is 0.193 e. The lowest BCUT2D eigenvalue weighted by Crippen LogP contribution is -2.04. The van der Waals surface area contributed by atoms with E-state index in [1.54, 1.807) is 0 Å². The van der Waals surface area contributed by atoms with E-state index in [0.29, 0.717) is 0 Å². The number of hydrogen-bond donors (Lipinski definition) is 2. The van der Waals surface area contributed by atoms with Gasteiger partial charge >= 0.3 is 0 Å². The number of rotatable bonds is 5. The lowest BCUT2D eigenvalue weighted by atomic mass is 10.3. The van der Waals surface area contributed by atoms with E-state index >= 15 is 0 Å². The standard InChI is InChI=1S/C9H16N2O/c1-8-4-5-9(12-8)11-7-3-2-6-10/h4-5,11H,2-3,6-7,10H2,1H3. The van der Waals surface area contributed by atoms with Gasteiger partial charge in [0.1, 0.15) is 5.76 Å². The SMILES string of the molecule is Cc1ccc(NCCCCN)o1. The zero-order chi connectivity index (χ0) is 8.81. The van der Waals surface area contributed by atoms with E-state index in [0.717, 1.165) is 37.6 Å². The summed E-state index contributed by atoms with van der Waals surface area (Å²) in [4.78, 5) is 0. The highest BCUT2D eigenvalue weighted by atomic mass is 16.4. The van der Waals surface area contributed by atoms with Crippen LogP contribution in [0.5, 0.6) is 0 Å². The Morgan fingerprint density at radius 2 is 2.25 bits per heavy atom. The summed E-state index contributed by atoms with van der Waals surface area (Å²) in [5, 5.41) is 3.18. The summed E-state index contributed by atoms with van der Waals surface area (Å²) in [5.41, 5.74) is 5.36. The fourth-order valence-electron chi connectivity index (χ4n) is 1.01. The summed E-state index contributed by atoms with van der Waals surface area (Å²) in [6.07, 6.45) is 2.16. The Kier molecular flexibility index (Phi) is 3.67. The largest absolute Gasteiger partial charge is 0.446 e. The topological polar surface area (TPSA) is 51.2 Å². The molecule has 1 rings (SSSR count). The van der Waals surface area contributed by atoms with Crippen molar-refractivity contribution in [2.45, 2.75) is 19.8 Å². The molecule has 0 aliphatic carbocycles. The molecule has 0 aromatic carbocycles. The van der Waals surface area contributed by atoms with Gasteiger partial charge in [-0.25, -0.2) is 0 Å². The number of nitrogens with one attached hydrogen (secondary N) is 1. The van der Waals surface area contributed by atoms with Crippen molar-refractivity contribution in [3.8, 4) is 0 Å². The maximum absolute atomic E-state index is 5.36. The van der Waals surface area contributed by atoms with Crippen LogP contribution >= 0.6 is 0 Å². The van der Waals surface area contributed by atoms with Gasteiger partial charge in [-0.3, -0.25) is 0 Å². The second-order valence-corrected chi connectivity index (χ2v) is 2.83. The van der Waals surface area contributed by atoms with E-state index in [1.165, 1.54) is 0 Å². The lowest BCUT2D eigenvalue weighted by molar-refractivity contribution is 0.544. The van der Waals surface area contributed by atoms with Crippen molar-refractivity contribution in [3.63, 3.8) is 0 Å². The molecule has 1 aromatic heterocycles. The van der Waals surface area contributed by atoms with Gasteiger partial charge in [0.2, 0.25) is 0 Å². The van der Waals surface area contributed by atoms with Crippen LogP contribution in [0.1, 0.15) is 18.6 Å². The molecule has 0 amide bonds. The molecule has 0 saturated carbocycles. The third kappa shape index (κ3) is 2.96. The molecular formula is C9H16N2O. The van der Waals surface area contributed by atoms with Gasteiger partial charge in [-0.05, 0) is 32.4 Å². The predicted octanol–water partition coefficient (Wildman–Crippen LogP) is 1.74. The molecule has 0 saturated heterocycles. The van der Waals surface area contributed by atoms with Crippen LogP contribution < -0.4 is 11.1 Å². The normalized spacial score (nSPS) is 10.2. The van der Waals surface area contributed by atoms with Crippen molar-refractivity contribution >= 4 is 5.88 Å². The zero-order valence-electron chi connectivity index (χ0n) is 7.47. The molecule has 1 aromatic rings. The van der Waals surface area contributed by atoms with Gasteiger partial charge in [-0.1, -0.05) is 0 Å². The maximum atomic E-state index is 5.36. The number of anilines is 1. The highest BCUT2D eigenvalue weighted by molar-refractivity contribution is 5.31. The molecule has 0 atom stereocenters. The number of nitrogens with two attached hydrogens (primary N) is 1. The van der Waals surface area contributed by atoms with Crippen molar-refractivity contribution in [3.05, 3.63) is 17.9 Å². The van der Waals surface area contributed by atoms with Crippen LogP contribution in [-0.2, 0) is 0 Å². The van der Waals surface area contributed by atoms with Gasteiger partial charge in [0.05, 0.1) is 0 Å². The Hall–Kier alpha value is -0.960. The minimum absolute atomic E-state index is 0.763. The quantitative estimate of drug-likeness (QED) is 0.658. The van der Waals surface area contributed by atoms with E-state index < -0.39 is 0 Å². The van der Waals surface area contributed by atoms with E-state index in [9.17, 15) is 0 Å². The van der Waals surface area contributed by atoms with Gasteiger partial charge in [0.15, 0.2) is 5.88 Å². The molecule has 12 heavy (non-hydrogen) atoms. The predicted molar refractivity (Wildman–Crippen MR) is 50.2 cm³/mol. The molecule has 68 valence electrons. The molecule has 3 N–H and O–H groups in total. The third-order valence-corrected chi connectivity index (χ3v) is 1.67. The molecule has 0 aliphatic rings. The van der Waals surface area contributed by atoms with Crippen LogP contribution in [0, 0.1) is 6.92 Å². The number of furan rings is 1. The minimum atomic E-state index is 0.763. The van der Waals surface area contributed by atoms with Gasteiger partial charge in [-0.15, -0.1) is 0 Å². The molecule has 0 radical (unpaired) electrons. The summed E-state index contributed by atoms with van der Waals surface area (Å²) in [5.74, 6) is 1.79. The molecule has 3 heteroatoms. The van der Waals surface area contributed by atoms with Crippen LogP contribution in [0.4, 0.5) is 5.88 Å². The van der Waals surface area contributed by atoms with Crippen LogP contribution in [0.3, 0.4) is 0 Å². The smallest absolute Gasteiger partial charge is 0.193 e. The second kappa shape index (κ2) is 4.83. The monoisotopic (exact) mass is 168 g/mol. The Balaban J connectivity index is 2.15. The molecule has 0 spiro atoms. The molecule has 3 nitrogen and oxygen atoms in total. The van der Waals surface area contributed by atoms with Crippen molar-refractivity contribution < 1.29 is 4.42 Å². The Morgan fingerprint density at radius 3 is 2.83 bits per heavy atom. The first-order chi connectivity index (χ1) is 5.83. The first-order valence-electron chi connectivity index (χ1n) is 4.33. The van der Waals surface area contributed by atoms with Gasteiger partial charge in [0, 0.05) is 12.6 Å². The average Bonchev–Trinajstić information content (AvgIpc) is 2.45. The van der Waals surface area contributed by atoms with E-state index in [4.69, 9.17) is 10.2 Å². The first-order valence-corrected chi connectivity index (χ1v) is 4.33. The van der Waals surface area contributed by atoms with E-state index in [1.807, 2.05) is 19.1 Å². The highest BCUT2D eigenvalue weighted by Gasteiger charge is 1.95. The fraction of sp³-hybridized carbons (Fsp3) is 0.556. The van der Waals surface area contributed by atoms with Crippen LogP contribution in [0.25, 0.3) is 0 Å². The molecule has 0 aliphatic heterocycles. The van der Waals surface area contributed by atoms with E-state index in [-0.39, 0.29) is 0 Å². The van der Waals surface area contributed by atoms with Crippen LogP contribution in [0.15, 0.2) is 16.5 Å².